The van der Waals surface area contributed by atoms with Crippen molar-refractivity contribution in [1.29, 1.82) is 0 Å². The summed E-state index contributed by atoms with van der Waals surface area (Å²) in [5.74, 6) is -2.61. The highest BCUT2D eigenvalue weighted by Gasteiger charge is 2.57. The maximum Gasteiger partial charge on any atom is 0.341 e. The Balaban J connectivity index is 1.97. The van der Waals surface area contributed by atoms with Crippen molar-refractivity contribution in [2.75, 3.05) is 19.7 Å². The number of hydrogen-bond acceptors (Lipinski definition) is 6. The Morgan fingerprint density at radius 3 is 2.70 bits per heavy atom. The molecule has 3 heterocycles. The van der Waals surface area contributed by atoms with Gasteiger partial charge in [0.2, 0.25) is 0 Å². The Bertz CT molecular complexity index is 567. The monoisotopic (exact) mass is 326 g/mol. The molecule has 0 amide bonds. The highest BCUT2D eigenvalue weighted by atomic mass is 16.6. The summed E-state index contributed by atoms with van der Waals surface area (Å²) in [7, 11) is 0. The first-order chi connectivity index (χ1) is 10.7. The van der Waals surface area contributed by atoms with Gasteiger partial charge in [0.25, 0.3) is 0 Å². The Morgan fingerprint density at radius 2 is 2.00 bits per heavy atom. The van der Waals surface area contributed by atoms with Gasteiger partial charge >= 0.3 is 11.9 Å². The first-order valence-corrected chi connectivity index (χ1v) is 8.02. The molecule has 3 N–H and O–H groups in total. The summed E-state index contributed by atoms with van der Waals surface area (Å²) in [5.41, 5.74) is -3.30. The average Bonchev–Trinajstić information content (AvgIpc) is 3.06. The van der Waals surface area contributed by atoms with E-state index in [4.69, 9.17) is 9.47 Å². The maximum absolute atomic E-state index is 12.5. The van der Waals surface area contributed by atoms with E-state index in [2.05, 4.69) is 0 Å². The number of ether oxygens (including phenoxy) is 2. The van der Waals surface area contributed by atoms with Gasteiger partial charge in [0.15, 0.2) is 17.7 Å². The first-order valence-electron chi connectivity index (χ1n) is 8.02. The predicted octanol–water partition coefficient (Wildman–Crippen LogP) is -1.81. The van der Waals surface area contributed by atoms with Gasteiger partial charge in [-0.25, -0.2) is 4.79 Å². The topological polar surface area (TPSA) is 97.5 Å². The molecule has 3 aliphatic rings. The van der Waals surface area contributed by atoms with Gasteiger partial charge in [-0.3, -0.25) is 4.79 Å². The van der Waals surface area contributed by atoms with Crippen LogP contribution in [0.3, 0.4) is 0 Å². The normalized spacial score (nSPS) is 47.3. The second-order valence-corrected chi connectivity index (χ2v) is 7.15. The predicted molar refractivity (Wildman–Crippen MR) is 78.4 cm³/mol. The van der Waals surface area contributed by atoms with Crippen molar-refractivity contribution in [2.24, 2.45) is 5.92 Å². The molecular formula is C16H24NO6+. The van der Waals surface area contributed by atoms with Crippen LogP contribution in [-0.2, 0) is 19.1 Å². The lowest BCUT2D eigenvalue weighted by molar-refractivity contribution is -0.896. The minimum absolute atomic E-state index is 0.00746. The zero-order valence-electron chi connectivity index (χ0n) is 13.7. The van der Waals surface area contributed by atoms with E-state index in [0.29, 0.717) is 0 Å². The highest BCUT2D eigenvalue weighted by molar-refractivity contribution is 5.83. The number of esters is 2. The van der Waals surface area contributed by atoms with Crippen LogP contribution in [0.15, 0.2) is 11.6 Å². The van der Waals surface area contributed by atoms with Gasteiger partial charge in [-0.15, -0.1) is 0 Å². The van der Waals surface area contributed by atoms with Crippen molar-refractivity contribution in [3.8, 4) is 0 Å². The minimum atomic E-state index is -2.21. The zero-order valence-corrected chi connectivity index (χ0v) is 13.7. The lowest BCUT2D eigenvalue weighted by atomic mass is 9.76. The third-order valence-electron chi connectivity index (χ3n) is 5.80. The Hall–Kier alpha value is -1.44. The summed E-state index contributed by atoms with van der Waals surface area (Å²) in [6.45, 7) is 5.62. The van der Waals surface area contributed by atoms with E-state index in [-0.39, 0.29) is 18.8 Å². The second-order valence-electron chi connectivity index (χ2n) is 7.15. The third kappa shape index (κ3) is 2.38. The number of nitrogens with one attached hydrogen (secondary N) is 1. The summed E-state index contributed by atoms with van der Waals surface area (Å²) in [6.07, 6.45) is 2.45. The minimum Gasteiger partial charge on any atom is -0.459 e. The SMILES string of the molecule is C[C@H]1C(=O)O[C@H]2CC[NH+]3CC=C(COC(=O)[C@](C)(O)[C@@]1(C)O)[C@@H]23. The largest absolute Gasteiger partial charge is 0.459 e. The molecule has 128 valence electrons. The summed E-state index contributed by atoms with van der Waals surface area (Å²) < 4.78 is 10.9. The standard InChI is InChI=1S/C16H23NO6/c1-9-13(18)23-11-5-7-17-6-4-10(12(11)17)8-22-14(19)16(3,21)15(9,2)20/h4,9,11-12,20-21H,5-8H2,1-3H3/p+1/t9-,11-,12-,15-,16-/m0/s1. The van der Waals surface area contributed by atoms with E-state index in [1.807, 2.05) is 6.08 Å². The summed E-state index contributed by atoms with van der Waals surface area (Å²) >= 11 is 0. The van der Waals surface area contributed by atoms with Crippen LogP contribution in [0.4, 0.5) is 0 Å². The molecule has 3 rings (SSSR count). The molecule has 0 radical (unpaired) electrons. The van der Waals surface area contributed by atoms with Gasteiger partial charge in [0.1, 0.15) is 12.2 Å². The van der Waals surface area contributed by atoms with E-state index in [1.165, 1.54) is 25.7 Å². The number of carbonyl (C=O) groups excluding carboxylic acids is 2. The van der Waals surface area contributed by atoms with Crippen LogP contribution in [0.2, 0.25) is 0 Å². The first kappa shape index (κ1) is 16.4. The van der Waals surface area contributed by atoms with Crippen molar-refractivity contribution in [1.82, 2.24) is 0 Å². The van der Waals surface area contributed by atoms with Crippen LogP contribution in [0.25, 0.3) is 0 Å². The molecule has 0 aromatic rings. The molecule has 23 heavy (non-hydrogen) atoms. The Morgan fingerprint density at radius 1 is 1.30 bits per heavy atom. The number of hydrogen-bond donors (Lipinski definition) is 3. The van der Waals surface area contributed by atoms with E-state index in [9.17, 15) is 19.8 Å². The van der Waals surface area contributed by atoms with E-state index >= 15 is 0 Å². The quantitative estimate of drug-likeness (QED) is 0.359. The fraction of sp³-hybridized carbons (Fsp3) is 0.750. The highest BCUT2D eigenvalue weighted by Crippen LogP contribution is 2.33. The molecule has 2 saturated heterocycles. The molecule has 0 spiro atoms. The molecule has 7 nitrogen and oxygen atoms in total. The van der Waals surface area contributed by atoms with Crippen LogP contribution < -0.4 is 4.90 Å². The maximum atomic E-state index is 12.5. The third-order valence-corrected chi connectivity index (χ3v) is 5.80. The van der Waals surface area contributed by atoms with Crippen LogP contribution in [0.5, 0.6) is 0 Å². The van der Waals surface area contributed by atoms with Crippen molar-refractivity contribution < 1.29 is 34.2 Å². The molecule has 6 atom stereocenters. The van der Waals surface area contributed by atoms with Crippen molar-refractivity contribution in [3.63, 3.8) is 0 Å². The van der Waals surface area contributed by atoms with Crippen LogP contribution in [0.1, 0.15) is 27.2 Å². The number of carbonyl (C=O) groups is 2. The summed E-state index contributed by atoms with van der Waals surface area (Å²) in [4.78, 5) is 26.0. The van der Waals surface area contributed by atoms with Crippen molar-refractivity contribution in [2.45, 2.75) is 50.5 Å². The number of aliphatic hydroxyl groups is 2. The van der Waals surface area contributed by atoms with Gasteiger partial charge in [0, 0.05) is 12.0 Å². The molecule has 0 aromatic heterocycles. The molecule has 0 aromatic carbocycles. The molecular weight excluding hydrogens is 302 g/mol. The number of quaternary nitrogens is 1. The second kappa shape index (κ2) is 5.29. The molecule has 2 fully saturated rings. The fourth-order valence-electron chi connectivity index (χ4n) is 3.71. The molecule has 3 aliphatic heterocycles. The molecule has 0 aliphatic carbocycles. The van der Waals surface area contributed by atoms with Gasteiger partial charge in [-0.1, -0.05) is 0 Å². The van der Waals surface area contributed by atoms with Crippen molar-refractivity contribution >= 4 is 11.9 Å². The van der Waals surface area contributed by atoms with Crippen LogP contribution in [-0.4, -0.2) is 65.2 Å². The van der Waals surface area contributed by atoms with E-state index in [1.54, 1.807) is 0 Å². The van der Waals surface area contributed by atoms with Gasteiger partial charge < -0.3 is 24.6 Å². The Kier molecular flexibility index (Phi) is 3.78. The van der Waals surface area contributed by atoms with Crippen LogP contribution in [0, 0.1) is 5.92 Å². The Labute approximate surface area is 134 Å². The molecule has 0 bridgehead atoms. The fourth-order valence-corrected chi connectivity index (χ4v) is 3.71. The lowest BCUT2D eigenvalue weighted by Crippen LogP contribution is -3.12. The van der Waals surface area contributed by atoms with Gasteiger partial charge in [-0.05, 0) is 26.8 Å². The van der Waals surface area contributed by atoms with Crippen LogP contribution >= 0.6 is 0 Å². The van der Waals surface area contributed by atoms with E-state index < -0.39 is 29.1 Å². The average molecular weight is 326 g/mol. The van der Waals surface area contributed by atoms with Gasteiger partial charge in [-0.2, -0.15) is 0 Å². The molecule has 1 unspecified atom stereocenters. The van der Waals surface area contributed by atoms with E-state index in [0.717, 1.165) is 25.1 Å². The lowest BCUT2D eigenvalue weighted by Gasteiger charge is -2.39. The number of rotatable bonds is 0. The summed E-state index contributed by atoms with van der Waals surface area (Å²) in [6, 6.07) is -0.00746. The summed E-state index contributed by atoms with van der Waals surface area (Å²) in [5, 5.41) is 21.1. The molecule has 7 heteroatoms. The number of cyclic esters (lactones) is 1. The van der Waals surface area contributed by atoms with Crippen molar-refractivity contribution in [3.05, 3.63) is 11.6 Å². The molecule has 0 saturated carbocycles. The zero-order chi connectivity index (χ0) is 17.0. The smallest absolute Gasteiger partial charge is 0.341 e. The van der Waals surface area contributed by atoms with Gasteiger partial charge in [0.05, 0.1) is 19.0 Å².